The lowest BCUT2D eigenvalue weighted by atomic mass is 10.1. The summed E-state index contributed by atoms with van der Waals surface area (Å²) in [6, 6.07) is 8.57. The second-order valence-electron chi connectivity index (χ2n) is 6.57. The molecule has 2 heterocycles. The molecule has 0 radical (unpaired) electrons. The number of nitrogens with zero attached hydrogens (tertiary/aromatic N) is 3. The number of anilines is 1. The minimum Gasteiger partial charge on any atom is -0.364 e. The normalized spacial score (nSPS) is 11.9. The third-order valence-corrected chi connectivity index (χ3v) is 3.59. The Labute approximate surface area is 139 Å². The van der Waals surface area contributed by atoms with Crippen molar-refractivity contribution in [2.45, 2.75) is 33.2 Å². The summed E-state index contributed by atoms with van der Waals surface area (Å²) in [6.07, 6.45) is 0. The van der Waals surface area contributed by atoms with Crippen LogP contribution in [0.2, 0.25) is 5.15 Å². The topological polar surface area (TPSA) is 42.2 Å². The second-order valence-corrected chi connectivity index (χ2v) is 6.96. The van der Waals surface area contributed by atoms with Crippen molar-refractivity contribution >= 4 is 23.1 Å². The predicted octanol–water partition coefficient (Wildman–Crippen LogP) is 4.71. The molecule has 0 bridgehead atoms. The van der Waals surface area contributed by atoms with E-state index in [4.69, 9.17) is 11.6 Å². The number of aryl methyl sites for hydroxylation is 1. The summed E-state index contributed by atoms with van der Waals surface area (Å²) in [4.78, 5) is 4.59. The first-order valence-corrected chi connectivity index (χ1v) is 7.72. The molecule has 0 aliphatic heterocycles. The summed E-state index contributed by atoms with van der Waals surface area (Å²) in [6.45, 7) is 7.85. The molecule has 0 amide bonds. The molecule has 0 saturated carbocycles. The standard InChI is InChI=1S/C17H18ClFN4/c1-10-5-6-11(9-12(10)19)15-16(21-17(2,3)4)23-14(20-15)8-7-13(18)22-23/h5-9,21H,1-4H3. The van der Waals surface area contributed by atoms with Crippen LogP contribution < -0.4 is 5.32 Å². The molecule has 0 spiro atoms. The van der Waals surface area contributed by atoms with Gasteiger partial charge in [-0.1, -0.05) is 23.7 Å². The van der Waals surface area contributed by atoms with Crippen LogP contribution in [0.25, 0.3) is 16.9 Å². The van der Waals surface area contributed by atoms with Crippen molar-refractivity contribution in [1.29, 1.82) is 0 Å². The SMILES string of the molecule is Cc1ccc(-c2nc3ccc(Cl)nn3c2NC(C)(C)C)cc1F. The summed E-state index contributed by atoms with van der Waals surface area (Å²) in [7, 11) is 0. The molecule has 0 aliphatic carbocycles. The summed E-state index contributed by atoms with van der Waals surface area (Å²) < 4.78 is 15.6. The van der Waals surface area contributed by atoms with Gasteiger partial charge in [-0.15, -0.1) is 0 Å². The van der Waals surface area contributed by atoms with Gasteiger partial charge in [-0.05, 0) is 51.5 Å². The summed E-state index contributed by atoms with van der Waals surface area (Å²) >= 11 is 6.02. The molecule has 2 aromatic heterocycles. The van der Waals surface area contributed by atoms with Gasteiger partial charge in [0.15, 0.2) is 11.5 Å². The van der Waals surface area contributed by atoms with Gasteiger partial charge in [0.2, 0.25) is 0 Å². The van der Waals surface area contributed by atoms with Gasteiger partial charge in [0.05, 0.1) is 0 Å². The van der Waals surface area contributed by atoms with Crippen LogP contribution in [0.1, 0.15) is 26.3 Å². The molecule has 120 valence electrons. The smallest absolute Gasteiger partial charge is 0.157 e. The highest BCUT2D eigenvalue weighted by Gasteiger charge is 2.20. The van der Waals surface area contributed by atoms with Crippen LogP contribution >= 0.6 is 11.6 Å². The van der Waals surface area contributed by atoms with E-state index in [1.807, 2.05) is 26.8 Å². The summed E-state index contributed by atoms with van der Waals surface area (Å²) in [5, 5.41) is 8.07. The highest BCUT2D eigenvalue weighted by Crippen LogP contribution is 2.31. The van der Waals surface area contributed by atoms with Gasteiger partial charge < -0.3 is 5.32 Å². The quantitative estimate of drug-likeness (QED) is 0.739. The second kappa shape index (κ2) is 5.49. The molecule has 0 unspecified atom stereocenters. The molecule has 4 nitrogen and oxygen atoms in total. The maximum absolute atomic E-state index is 14.0. The fourth-order valence-corrected chi connectivity index (χ4v) is 2.46. The lowest BCUT2D eigenvalue weighted by Crippen LogP contribution is -2.27. The van der Waals surface area contributed by atoms with Gasteiger partial charge >= 0.3 is 0 Å². The van der Waals surface area contributed by atoms with Crippen LogP contribution in [0.4, 0.5) is 10.2 Å². The van der Waals surface area contributed by atoms with E-state index in [2.05, 4.69) is 15.4 Å². The zero-order chi connectivity index (χ0) is 16.8. The van der Waals surface area contributed by atoms with Crippen LogP contribution in [0.5, 0.6) is 0 Å². The molecular weight excluding hydrogens is 315 g/mol. The van der Waals surface area contributed by atoms with E-state index in [0.717, 1.165) is 0 Å². The lowest BCUT2D eigenvalue weighted by Gasteiger charge is -2.22. The van der Waals surface area contributed by atoms with E-state index < -0.39 is 0 Å². The Balaban J connectivity index is 2.26. The Hall–Kier alpha value is -2.14. The Morgan fingerprint density at radius 1 is 1.17 bits per heavy atom. The van der Waals surface area contributed by atoms with E-state index in [-0.39, 0.29) is 11.4 Å². The maximum Gasteiger partial charge on any atom is 0.157 e. The van der Waals surface area contributed by atoms with Gasteiger partial charge in [0, 0.05) is 11.1 Å². The number of hydrogen-bond donors (Lipinski definition) is 1. The maximum atomic E-state index is 14.0. The Kier molecular flexibility index (Phi) is 3.76. The van der Waals surface area contributed by atoms with Gasteiger partial charge in [-0.3, -0.25) is 0 Å². The predicted molar refractivity (Wildman–Crippen MR) is 91.5 cm³/mol. The van der Waals surface area contributed by atoms with Crippen molar-refractivity contribution in [1.82, 2.24) is 14.6 Å². The first-order chi connectivity index (χ1) is 10.7. The van der Waals surface area contributed by atoms with Crippen molar-refractivity contribution < 1.29 is 4.39 Å². The van der Waals surface area contributed by atoms with Crippen LogP contribution in [0, 0.1) is 12.7 Å². The average Bonchev–Trinajstić information content (AvgIpc) is 2.78. The zero-order valence-corrected chi connectivity index (χ0v) is 14.2. The minimum atomic E-state index is -0.257. The molecule has 3 rings (SSSR count). The summed E-state index contributed by atoms with van der Waals surface area (Å²) in [5.41, 5.74) is 2.38. The van der Waals surface area contributed by atoms with Crippen molar-refractivity contribution in [2.75, 3.05) is 5.32 Å². The van der Waals surface area contributed by atoms with Crippen molar-refractivity contribution in [3.63, 3.8) is 0 Å². The molecule has 6 heteroatoms. The molecule has 0 fully saturated rings. The average molecular weight is 333 g/mol. The van der Waals surface area contributed by atoms with Crippen molar-refractivity contribution in [3.05, 3.63) is 46.9 Å². The van der Waals surface area contributed by atoms with Crippen molar-refractivity contribution in [2.24, 2.45) is 0 Å². The van der Waals surface area contributed by atoms with E-state index in [1.54, 1.807) is 29.6 Å². The molecule has 1 N–H and O–H groups in total. The van der Waals surface area contributed by atoms with Crippen LogP contribution in [0.15, 0.2) is 30.3 Å². The first-order valence-electron chi connectivity index (χ1n) is 7.34. The molecule has 1 aromatic carbocycles. The van der Waals surface area contributed by atoms with Gasteiger partial charge in [-0.25, -0.2) is 9.37 Å². The Morgan fingerprint density at radius 2 is 1.91 bits per heavy atom. The van der Waals surface area contributed by atoms with Gasteiger partial charge in [-0.2, -0.15) is 9.61 Å². The largest absolute Gasteiger partial charge is 0.364 e. The molecular formula is C17H18ClFN4. The minimum absolute atomic E-state index is 0.210. The zero-order valence-electron chi connectivity index (χ0n) is 13.5. The molecule has 0 atom stereocenters. The highest BCUT2D eigenvalue weighted by atomic mass is 35.5. The Bertz CT molecular complexity index is 880. The number of halogens is 2. The number of rotatable bonds is 2. The van der Waals surface area contributed by atoms with E-state index in [1.165, 1.54) is 6.07 Å². The van der Waals surface area contributed by atoms with Crippen molar-refractivity contribution in [3.8, 4) is 11.3 Å². The monoisotopic (exact) mass is 332 g/mol. The van der Waals surface area contributed by atoms with E-state index >= 15 is 0 Å². The first kappa shape index (κ1) is 15.7. The van der Waals surface area contributed by atoms with Crippen LogP contribution in [-0.2, 0) is 0 Å². The van der Waals surface area contributed by atoms with Gasteiger partial charge in [0.25, 0.3) is 0 Å². The number of fused-ring (bicyclic) bond motifs is 1. The third kappa shape index (κ3) is 3.15. The highest BCUT2D eigenvalue weighted by molar-refractivity contribution is 6.29. The Morgan fingerprint density at radius 3 is 2.57 bits per heavy atom. The fraction of sp³-hybridized carbons (Fsp3) is 0.294. The van der Waals surface area contributed by atoms with Gasteiger partial charge in [0.1, 0.15) is 16.7 Å². The number of nitrogens with one attached hydrogen (secondary N) is 1. The number of benzene rings is 1. The molecule has 0 aliphatic rings. The van der Waals surface area contributed by atoms with E-state index in [0.29, 0.717) is 33.4 Å². The third-order valence-electron chi connectivity index (χ3n) is 3.38. The summed E-state index contributed by atoms with van der Waals surface area (Å²) in [5.74, 6) is 0.436. The van der Waals surface area contributed by atoms with Crippen LogP contribution in [-0.4, -0.2) is 20.1 Å². The number of hydrogen-bond acceptors (Lipinski definition) is 3. The lowest BCUT2D eigenvalue weighted by molar-refractivity contribution is 0.619. The van der Waals surface area contributed by atoms with Crippen LogP contribution in [0.3, 0.4) is 0 Å². The molecule has 3 aromatic rings. The fourth-order valence-electron chi connectivity index (χ4n) is 2.32. The number of aromatic nitrogens is 3. The molecule has 0 saturated heterocycles. The number of imidazole rings is 1. The van der Waals surface area contributed by atoms with E-state index in [9.17, 15) is 4.39 Å². The molecule has 23 heavy (non-hydrogen) atoms.